The van der Waals surface area contributed by atoms with E-state index in [1.165, 1.54) is 31.0 Å². The van der Waals surface area contributed by atoms with Crippen molar-refractivity contribution in [3.8, 4) is 5.75 Å². The minimum absolute atomic E-state index is 0.150. The highest BCUT2D eigenvalue weighted by atomic mass is 32.2. The van der Waals surface area contributed by atoms with E-state index in [0.29, 0.717) is 35.3 Å². The number of phenols is 1. The molecular formula is C21H28N2O4S. The summed E-state index contributed by atoms with van der Waals surface area (Å²) < 4.78 is 5.19. The summed E-state index contributed by atoms with van der Waals surface area (Å²) in [6.45, 7) is 2.07. The molecule has 3 rings (SSSR count). The lowest BCUT2D eigenvalue weighted by atomic mass is 9.85. The predicted molar refractivity (Wildman–Crippen MR) is 111 cm³/mol. The zero-order valence-corrected chi connectivity index (χ0v) is 17.0. The topological polar surface area (TPSA) is 88.0 Å². The minimum atomic E-state index is -0.620. The first-order valence-corrected chi connectivity index (χ1v) is 11.0. The summed E-state index contributed by atoms with van der Waals surface area (Å²) in [6, 6.07) is 5.77. The zero-order chi connectivity index (χ0) is 19.9. The summed E-state index contributed by atoms with van der Waals surface area (Å²) >= 11 is 1.44. The molecule has 1 unspecified atom stereocenters. The number of ether oxygens (including phenoxy) is 1. The van der Waals surface area contributed by atoms with Gasteiger partial charge in [0.05, 0.1) is 6.61 Å². The summed E-state index contributed by atoms with van der Waals surface area (Å²) in [5.41, 5.74) is 0.631. The molecule has 152 valence electrons. The molecule has 28 heavy (non-hydrogen) atoms. The molecule has 1 aromatic carbocycles. The van der Waals surface area contributed by atoms with Crippen molar-refractivity contribution in [1.82, 2.24) is 5.32 Å². The second kappa shape index (κ2) is 9.96. The number of carbonyl (C=O) groups is 2. The highest BCUT2D eigenvalue weighted by Gasteiger charge is 2.32. The summed E-state index contributed by atoms with van der Waals surface area (Å²) in [6.07, 6.45) is 6.43. The van der Waals surface area contributed by atoms with Crippen LogP contribution in [0.25, 0.3) is 0 Å². The van der Waals surface area contributed by atoms with Crippen LogP contribution in [0.2, 0.25) is 0 Å². The average Bonchev–Trinajstić information content (AvgIpc) is 3.19. The van der Waals surface area contributed by atoms with Crippen molar-refractivity contribution in [1.29, 1.82) is 0 Å². The number of nitrogens with zero attached hydrogens (tertiary/aromatic N) is 1. The lowest BCUT2D eigenvalue weighted by Crippen LogP contribution is -2.47. The van der Waals surface area contributed by atoms with Crippen LogP contribution in [0.5, 0.6) is 5.75 Å². The van der Waals surface area contributed by atoms with E-state index in [1.807, 2.05) is 6.07 Å². The lowest BCUT2D eigenvalue weighted by molar-refractivity contribution is -0.148. The third kappa shape index (κ3) is 5.28. The van der Waals surface area contributed by atoms with Crippen molar-refractivity contribution in [3.05, 3.63) is 29.8 Å². The first-order chi connectivity index (χ1) is 13.6. The molecule has 6 nitrogen and oxygen atoms in total. The van der Waals surface area contributed by atoms with Crippen molar-refractivity contribution < 1.29 is 19.4 Å². The van der Waals surface area contributed by atoms with Crippen molar-refractivity contribution >= 4 is 28.7 Å². The second-order valence-corrected chi connectivity index (χ2v) is 8.34. The van der Waals surface area contributed by atoms with Gasteiger partial charge in [0.1, 0.15) is 22.9 Å². The van der Waals surface area contributed by atoms with Crippen molar-refractivity contribution in [2.24, 2.45) is 10.9 Å². The Hall–Kier alpha value is -2.02. The van der Waals surface area contributed by atoms with E-state index in [1.54, 1.807) is 25.1 Å². The van der Waals surface area contributed by atoms with E-state index < -0.39 is 12.1 Å². The number of phenolic OH excluding ortho intramolecular Hbond substituents is 1. The van der Waals surface area contributed by atoms with E-state index in [2.05, 4.69) is 10.3 Å². The number of carbonyl (C=O) groups excluding carboxylic acids is 2. The molecule has 0 aromatic heterocycles. The van der Waals surface area contributed by atoms with Gasteiger partial charge in [0.25, 0.3) is 0 Å². The number of aromatic hydroxyl groups is 1. The third-order valence-corrected chi connectivity index (χ3v) is 6.35. The Morgan fingerprint density at radius 3 is 2.75 bits per heavy atom. The number of rotatable bonds is 7. The number of nitrogens with one attached hydrogen (secondary N) is 1. The number of hydrogen-bond acceptors (Lipinski definition) is 6. The lowest BCUT2D eigenvalue weighted by Gasteiger charge is -2.26. The van der Waals surface area contributed by atoms with Gasteiger partial charge in [-0.3, -0.25) is 9.79 Å². The number of para-hydroxylation sites is 1. The molecule has 1 aliphatic heterocycles. The van der Waals surface area contributed by atoms with Gasteiger partial charge in [-0.15, -0.1) is 11.8 Å². The molecule has 2 atom stereocenters. The van der Waals surface area contributed by atoms with E-state index in [9.17, 15) is 14.7 Å². The van der Waals surface area contributed by atoms with Gasteiger partial charge in [-0.05, 0) is 31.4 Å². The van der Waals surface area contributed by atoms with Crippen LogP contribution in [0.15, 0.2) is 29.3 Å². The number of amides is 1. The molecular weight excluding hydrogens is 376 g/mol. The smallest absolute Gasteiger partial charge is 0.328 e. The molecule has 0 bridgehead atoms. The average molecular weight is 405 g/mol. The largest absolute Gasteiger partial charge is 0.507 e. The fourth-order valence-corrected chi connectivity index (χ4v) is 4.86. The molecule has 7 heteroatoms. The fraction of sp³-hybridized carbons (Fsp3) is 0.571. The van der Waals surface area contributed by atoms with Crippen molar-refractivity contribution in [2.45, 2.75) is 57.5 Å². The second-order valence-electron chi connectivity index (χ2n) is 7.33. The standard InChI is InChI=1S/C21H28N2O4S/c1-2-27-21(26)16(12-14-8-4-3-5-9-14)22-19(25)17-13-28-20(23-17)15-10-6-7-11-18(15)24/h6-7,10-11,14,16-17,24H,2-5,8-9,12-13H2,1H3,(H,22,25)/t16-,17?/m1/s1. The van der Waals surface area contributed by atoms with Gasteiger partial charge in [-0.25, -0.2) is 4.79 Å². The maximum atomic E-state index is 12.8. The predicted octanol–water partition coefficient (Wildman–Crippen LogP) is 3.27. The Morgan fingerprint density at radius 2 is 2.04 bits per heavy atom. The van der Waals surface area contributed by atoms with Crippen LogP contribution in [-0.4, -0.2) is 46.5 Å². The molecule has 0 saturated heterocycles. The van der Waals surface area contributed by atoms with Crippen molar-refractivity contribution in [3.63, 3.8) is 0 Å². The molecule has 1 amide bonds. The van der Waals surface area contributed by atoms with Gasteiger partial charge in [-0.1, -0.05) is 44.2 Å². The van der Waals surface area contributed by atoms with Gasteiger partial charge in [0, 0.05) is 11.3 Å². The minimum Gasteiger partial charge on any atom is -0.507 e. The highest BCUT2D eigenvalue weighted by molar-refractivity contribution is 8.14. The Morgan fingerprint density at radius 1 is 1.29 bits per heavy atom. The first-order valence-electron chi connectivity index (χ1n) is 10.0. The SMILES string of the molecule is CCOC(=O)[C@@H](CC1CCCCC1)NC(=O)C1CSC(c2ccccc2O)=N1. The summed E-state index contributed by atoms with van der Waals surface area (Å²) in [7, 11) is 0. The number of esters is 1. The van der Waals surface area contributed by atoms with Gasteiger partial charge in [-0.2, -0.15) is 0 Å². The summed E-state index contributed by atoms with van der Waals surface area (Å²) in [5.74, 6) is 0.469. The van der Waals surface area contributed by atoms with Gasteiger partial charge in [0.15, 0.2) is 0 Å². The molecule has 0 radical (unpaired) electrons. The molecule has 1 aromatic rings. The van der Waals surface area contributed by atoms with Crippen molar-refractivity contribution in [2.75, 3.05) is 12.4 Å². The van der Waals surface area contributed by atoms with Crippen LogP contribution < -0.4 is 5.32 Å². The molecule has 1 fully saturated rings. The van der Waals surface area contributed by atoms with Gasteiger partial charge >= 0.3 is 5.97 Å². The molecule has 1 saturated carbocycles. The van der Waals surface area contributed by atoms with Crippen LogP contribution in [-0.2, 0) is 14.3 Å². The van der Waals surface area contributed by atoms with Crippen LogP contribution in [0.3, 0.4) is 0 Å². The number of hydrogen-bond donors (Lipinski definition) is 2. The quantitative estimate of drug-likeness (QED) is 0.681. The van der Waals surface area contributed by atoms with Crippen LogP contribution in [0.4, 0.5) is 0 Å². The Bertz CT molecular complexity index is 731. The summed E-state index contributed by atoms with van der Waals surface area (Å²) in [5, 5.41) is 13.5. The maximum Gasteiger partial charge on any atom is 0.328 e. The first kappa shape index (κ1) is 20.7. The van der Waals surface area contributed by atoms with E-state index >= 15 is 0 Å². The van der Waals surface area contributed by atoms with E-state index in [-0.39, 0.29) is 17.6 Å². The third-order valence-electron chi connectivity index (χ3n) is 5.27. The van der Waals surface area contributed by atoms with E-state index in [4.69, 9.17) is 4.74 Å². The monoisotopic (exact) mass is 404 g/mol. The summed E-state index contributed by atoms with van der Waals surface area (Å²) in [4.78, 5) is 29.6. The van der Waals surface area contributed by atoms with Crippen LogP contribution >= 0.6 is 11.8 Å². The highest BCUT2D eigenvalue weighted by Crippen LogP contribution is 2.30. The Balaban J connectivity index is 1.65. The Labute approximate surface area is 170 Å². The normalized spacial score (nSPS) is 21.0. The number of aliphatic imine (C=N–C) groups is 1. The number of benzene rings is 1. The van der Waals surface area contributed by atoms with Gasteiger partial charge in [0.2, 0.25) is 5.91 Å². The zero-order valence-electron chi connectivity index (χ0n) is 16.2. The molecule has 0 spiro atoms. The molecule has 1 heterocycles. The molecule has 2 N–H and O–H groups in total. The van der Waals surface area contributed by atoms with Crippen LogP contribution in [0.1, 0.15) is 51.0 Å². The molecule has 1 aliphatic carbocycles. The van der Waals surface area contributed by atoms with E-state index in [0.717, 1.165) is 12.8 Å². The fourth-order valence-electron chi connectivity index (χ4n) is 3.79. The maximum absolute atomic E-state index is 12.8. The van der Waals surface area contributed by atoms with Crippen LogP contribution in [0, 0.1) is 5.92 Å². The number of thioether (sulfide) groups is 1. The Kier molecular flexibility index (Phi) is 7.36. The van der Waals surface area contributed by atoms with Gasteiger partial charge < -0.3 is 15.2 Å². The molecule has 2 aliphatic rings.